The van der Waals surface area contributed by atoms with E-state index in [9.17, 15) is 4.79 Å². The van der Waals surface area contributed by atoms with Gasteiger partial charge in [-0.15, -0.1) is 24.8 Å². The van der Waals surface area contributed by atoms with Crippen LogP contribution in [-0.2, 0) is 4.79 Å². The van der Waals surface area contributed by atoms with Crippen LogP contribution < -0.4 is 11.1 Å². The average Bonchev–Trinajstić information content (AvgIpc) is 2.42. The Labute approximate surface area is 133 Å². The molecular formula is C14H25Cl2N3O. The van der Waals surface area contributed by atoms with Crippen LogP contribution in [0.5, 0.6) is 0 Å². The Bertz CT molecular complexity index is 375. The number of amides is 1. The molecule has 0 fully saturated rings. The third-order valence-corrected chi connectivity index (χ3v) is 3.76. The number of nitrogens with zero attached hydrogens (tertiary/aromatic N) is 1. The van der Waals surface area contributed by atoms with Crippen LogP contribution in [0.25, 0.3) is 0 Å². The second kappa shape index (κ2) is 9.97. The van der Waals surface area contributed by atoms with Crippen molar-refractivity contribution in [2.75, 3.05) is 6.54 Å². The summed E-state index contributed by atoms with van der Waals surface area (Å²) in [6, 6.07) is 3.78. The molecule has 0 aromatic carbocycles. The maximum Gasteiger partial charge on any atom is 0.227 e. The first-order valence-electron chi connectivity index (χ1n) is 6.50. The molecule has 4 nitrogen and oxygen atoms in total. The molecule has 1 amide bonds. The van der Waals surface area contributed by atoms with Crippen molar-refractivity contribution in [3.8, 4) is 0 Å². The lowest BCUT2D eigenvalue weighted by Crippen LogP contribution is -2.46. The van der Waals surface area contributed by atoms with Gasteiger partial charge in [-0.05, 0) is 31.4 Å². The summed E-state index contributed by atoms with van der Waals surface area (Å²) in [5, 5.41) is 3.03. The van der Waals surface area contributed by atoms with E-state index in [0.29, 0.717) is 6.54 Å². The minimum atomic E-state index is -0.448. The van der Waals surface area contributed by atoms with Crippen molar-refractivity contribution >= 4 is 30.7 Å². The zero-order valence-corrected chi connectivity index (χ0v) is 13.9. The first-order valence-corrected chi connectivity index (χ1v) is 6.50. The van der Waals surface area contributed by atoms with Crippen molar-refractivity contribution in [2.24, 2.45) is 11.1 Å². The number of rotatable bonds is 6. The van der Waals surface area contributed by atoms with Gasteiger partial charge in [-0.3, -0.25) is 9.78 Å². The molecule has 0 bridgehead atoms. The molecule has 20 heavy (non-hydrogen) atoms. The average molecular weight is 322 g/mol. The molecule has 1 aromatic heterocycles. The molecule has 0 saturated carbocycles. The summed E-state index contributed by atoms with van der Waals surface area (Å²) < 4.78 is 0. The van der Waals surface area contributed by atoms with Crippen molar-refractivity contribution < 1.29 is 4.79 Å². The van der Waals surface area contributed by atoms with E-state index in [0.717, 1.165) is 18.4 Å². The Morgan fingerprint density at radius 1 is 1.40 bits per heavy atom. The standard InChI is InChI=1S/C14H23N3O.2ClH/c1-4-14(5-2,10-15)13(18)17-11(3)12-7-6-8-16-9-12;;/h6-9,11H,4-5,10,15H2,1-3H3,(H,17,18);2*1H/t11-;;/m0../s1. The van der Waals surface area contributed by atoms with Gasteiger partial charge in [0.15, 0.2) is 0 Å². The van der Waals surface area contributed by atoms with Gasteiger partial charge >= 0.3 is 0 Å². The fraction of sp³-hybridized carbons (Fsp3) is 0.571. The van der Waals surface area contributed by atoms with Crippen LogP contribution in [0.1, 0.15) is 45.2 Å². The van der Waals surface area contributed by atoms with E-state index in [1.54, 1.807) is 12.4 Å². The van der Waals surface area contributed by atoms with Crippen molar-refractivity contribution in [3.05, 3.63) is 30.1 Å². The second-order valence-corrected chi connectivity index (χ2v) is 4.67. The molecule has 1 heterocycles. The third kappa shape index (κ3) is 4.93. The first kappa shape index (κ1) is 21.5. The molecule has 0 radical (unpaired) electrons. The van der Waals surface area contributed by atoms with Gasteiger partial charge in [0.25, 0.3) is 0 Å². The lowest BCUT2D eigenvalue weighted by Gasteiger charge is -2.30. The molecule has 0 aliphatic rings. The molecule has 3 N–H and O–H groups in total. The number of pyridine rings is 1. The Morgan fingerprint density at radius 3 is 2.40 bits per heavy atom. The topological polar surface area (TPSA) is 68.0 Å². The molecule has 116 valence electrons. The summed E-state index contributed by atoms with van der Waals surface area (Å²) in [6.45, 7) is 6.35. The normalized spacial score (nSPS) is 11.8. The summed E-state index contributed by atoms with van der Waals surface area (Å²) in [7, 11) is 0. The van der Waals surface area contributed by atoms with Crippen LogP contribution >= 0.6 is 24.8 Å². The highest BCUT2D eigenvalue weighted by atomic mass is 35.5. The minimum Gasteiger partial charge on any atom is -0.349 e. The van der Waals surface area contributed by atoms with Crippen LogP contribution in [-0.4, -0.2) is 17.4 Å². The number of carbonyl (C=O) groups is 1. The molecule has 1 aromatic rings. The zero-order chi connectivity index (χ0) is 13.6. The lowest BCUT2D eigenvalue weighted by molar-refractivity contribution is -0.131. The van der Waals surface area contributed by atoms with Crippen molar-refractivity contribution in [1.82, 2.24) is 10.3 Å². The molecule has 0 unspecified atom stereocenters. The number of nitrogens with two attached hydrogens (primary N) is 1. The van der Waals surface area contributed by atoms with E-state index in [1.165, 1.54) is 0 Å². The van der Waals surface area contributed by atoms with E-state index in [2.05, 4.69) is 10.3 Å². The number of halogens is 2. The van der Waals surface area contributed by atoms with Gasteiger partial charge in [-0.2, -0.15) is 0 Å². The lowest BCUT2D eigenvalue weighted by atomic mass is 9.81. The Balaban J connectivity index is 0. The van der Waals surface area contributed by atoms with Gasteiger partial charge in [-0.1, -0.05) is 19.9 Å². The van der Waals surface area contributed by atoms with Crippen LogP contribution in [0.15, 0.2) is 24.5 Å². The summed E-state index contributed by atoms with van der Waals surface area (Å²) in [6.07, 6.45) is 5.00. The fourth-order valence-corrected chi connectivity index (χ4v) is 2.02. The van der Waals surface area contributed by atoms with Gasteiger partial charge < -0.3 is 11.1 Å². The maximum absolute atomic E-state index is 12.3. The SMILES string of the molecule is CCC(CC)(CN)C(=O)N[C@@H](C)c1cccnc1.Cl.Cl. The largest absolute Gasteiger partial charge is 0.349 e. The molecule has 1 atom stereocenters. The van der Waals surface area contributed by atoms with Gasteiger partial charge in [0.1, 0.15) is 0 Å². The van der Waals surface area contributed by atoms with E-state index in [-0.39, 0.29) is 36.8 Å². The van der Waals surface area contributed by atoms with E-state index < -0.39 is 5.41 Å². The van der Waals surface area contributed by atoms with E-state index in [1.807, 2.05) is 32.9 Å². The Hall–Kier alpha value is -0.840. The molecule has 0 aliphatic carbocycles. The first-order chi connectivity index (χ1) is 8.59. The van der Waals surface area contributed by atoms with Gasteiger partial charge in [-0.25, -0.2) is 0 Å². The van der Waals surface area contributed by atoms with Crippen LogP contribution in [0, 0.1) is 5.41 Å². The quantitative estimate of drug-likeness (QED) is 0.846. The van der Waals surface area contributed by atoms with Gasteiger partial charge in [0, 0.05) is 18.9 Å². The molecule has 0 saturated heterocycles. The van der Waals surface area contributed by atoms with Gasteiger partial charge in [0.05, 0.1) is 11.5 Å². The highest BCUT2D eigenvalue weighted by Gasteiger charge is 2.33. The highest BCUT2D eigenvalue weighted by molar-refractivity contribution is 5.85. The maximum atomic E-state index is 12.3. The monoisotopic (exact) mass is 321 g/mol. The van der Waals surface area contributed by atoms with E-state index in [4.69, 9.17) is 5.73 Å². The minimum absolute atomic E-state index is 0. The third-order valence-electron chi connectivity index (χ3n) is 3.76. The predicted octanol–water partition coefficient (Wildman–Crippen LogP) is 2.87. The summed E-state index contributed by atoms with van der Waals surface area (Å²) >= 11 is 0. The van der Waals surface area contributed by atoms with Crippen molar-refractivity contribution in [2.45, 2.75) is 39.7 Å². The van der Waals surface area contributed by atoms with Gasteiger partial charge in [0.2, 0.25) is 5.91 Å². The van der Waals surface area contributed by atoms with Crippen LogP contribution in [0.2, 0.25) is 0 Å². The highest BCUT2D eigenvalue weighted by Crippen LogP contribution is 2.26. The number of hydrogen-bond donors (Lipinski definition) is 2. The summed E-state index contributed by atoms with van der Waals surface area (Å²) in [4.78, 5) is 16.4. The van der Waals surface area contributed by atoms with E-state index >= 15 is 0 Å². The molecule has 1 rings (SSSR count). The fourth-order valence-electron chi connectivity index (χ4n) is 2.02. The second-order valence-electron chi connectivity index (χ2n) is 4.67. The number of nitrogens with one attached hydrogen (secondary N) is 1. The molecule has 6 heteroatoms. The number of aromatic nitrogens is 1. The summed E-state index contributed by atoms with van der Waals surface area (Å²) in [5.41, 5.74) is 6.33. The molecular weight excluding hydrogens is 297 g/mol. The van der Waals surface area contributed by atoms with Crippen LogP contribution in [0.3, 0.4) is 0 Å². The Kier molecular flexibility index (Phi) is 10.7. The molecule has 0 aliphatic heterocycles. The zero-order valence-electron chi connectivity index (χ0n) is 12.3. The number of hydrogen-bond acceptors (Lipinski definition) is 3. The van der Waals surface area contributed by atoms with Crippen molar-refractivity contribution in [1.29, 1.82) is 0 Å². The Morgan fingerprint density at radius 2 is 2.00 bits per heavy atom. The predicted molar refractivity (Wildman–Crippen MR) is 87.4 cm³/mol. The summed E-state index contributed by atoms with van der Waals surface area (Å²) in [5.74, 6) is 0.0337. The van der Waals surface area contributed by atoms with Crippen molar-refractivity contribution in [3.63, 3.8) is 0 Å². The van der Waals surface area contributed by atoms with Crippen LogP contribution in [0.4, 0.5) is 0 Å². The molecule has 0 spiro atoms. The number of carbonyl (C=O) groups excluding carboxylic acids is 1. The smallest absolute Gasteiger partial charge is 0.227 e.